The normalized spacial score (nSPS) is 18.9. The van der Waals surface area contributed by atoms with E-state index in [-0.39, 0.29) is 0 Å². The highest BCUT2D eigenvalue weighted by Gasteiger charge is 2.23. The zero-order chi connectivity index (χ0) is 13.1. The summed E-state index contributed by atoms with van der Waals surface area (Å²) in [6, 6.07) is 1.23. The van der Waals surface area contributed by atoms with E-state index in [4.69, 9.17) is 0 Å². The van der Waals surface area contributed by atoms with Crippen LogP contribution in [-0.2, 0) is 0 Å². The van der Waals surface area contributed by atoms with Crippen molar-refractivity contribution in [2.45, 2.75) is 44.6 Å². The molecule has 0 heterocycles. The Bertz CT molecular complexity index is 390. The molecule has 0 spiro atoms. The Labute approximate surface area is 105 Å². The minimum Gasteiger partial charge on any atom is -0.388 e. The molecule has 0 amide bonds. The van der Waals surface area contributed by atoms with Gasteiger partial charge in [-0.2, -0.15) is 0 Å². The van der Waals surface area contributed by atoms with E-state index in [1.165, 1.54) is 6.42 Å². The molecule has 1 aromatic rings. The lowest BCUT2D eigenvalue weighted by molar-refractivity contribution is 0.123. The average Bonchev–Trinajstić information content (AvgIpc) is 2.28. The van der Waals surface area contributed by atoms with Gasteiger partial charge in [-0.15, -0.1) is 0 Å². The zero-order valence-electron chi connectivity index (χ0n) is 10.1. The number of hydrogen-bond acceptors (Lipinski definition) is 1. The number of aliphatic hydroxyl groups excluding tert-OH is 1. The van der Waals surface area contributed by atoms with Gasteiger partial charge in [0.2, 0.25) is 0 Å². The largest absolute Gasteiger partial charge is 0.388 e. The lowest BCUT2D eigenvalue weighted by atomic mass is 9.84. The summed E-state index contributed by atoms with van der Waals surface area (Å²) in [5.74, 6) is -2.66. The van der Waals surface area contributed by atoms with Gasteiger partial charge in [0, 0.05) is 12.1 Å². The number of benzene rings is 1. The van der Waals surface area contributed by atoms with Crippen LogP contribution in [0.3, 0.4) is 0 Å². The predicted octanol–water partition coefficient (Wildman–Crippen LogP) is 4.11. The highest BCUT2D eigenvalue weighted by atomic mass is 19.1. The molecule has 2 rings (SSSR count). The van der Waals surface area contributed by atoms with E-state index in [9.17, 15) is 18.3 Å². The van der Waals surface area contributed by atoms with Crippen LogP contribution in [0.4, 0.5) is 13.2 Å². The van der Waals surface area contributed by atoms with E-state index in [2.05, 4.69) is 0 Å². The first-order valence-corrected chi connectivity index (χ1v) is 6.40. The molecule has 18 heavy (non-hydrogen) atoms. The Morgan fingerprint density at radius 2 is 1.61 bits per heavy atom. The summed E-state index contributed by atoms with van der Waals surface area (Å²) in [5, 5.41) is 9.92. The maximum absolute atomic E-state index is 13.5. The van der Waals surface area contributed by atoms with Crippen LogP contribution in [0.25, 0.3) is 0 Å². The Kier molecular flexibility index (Phi) is 4.27. The summed E-state index contributed by atoms with van der Waals surface area (Å²) in [7, 11) is 0. The number of halogens is 3. The average molecular weight is 258 g/mol. The van der Waals surface area contributed by atoms with Gasteiger partial charge in [0.15, 0.2) is 0 Å². The fourth-order valence-electron chi connectivity index (χ4n) is 2.73. The SMILES string of the molecule is OC(CC1CCCCC1)c1c(F)cc(F)cc1F. The third-order valence-electron chi connectivity index (χ3n) is 3.66. The van der Waals surface area contributed by atoms with E-state index in [0.717, 1.165) is 25.7 Å². The van der Waals surface area contributed by atoms with Crippen molar-refractivity contribution in [3.63, 3.8) is 0 Å². The van der Waals surface area contributed by atoms with Crippen LogP contribution in [0.1, 0.15) is 50.2 Å². The van der Waals surface area contributed by atoms with Crippen LogP contribution >= 0.6 is 0 Å². The van der Waals surface area contributed by atoms with Crippen LogP contribution in [0.5, 0.6) is 0 Å². The third-order valence-corrected chi connectivity index (χ3v) is 3.66. The topological polar surface area (TPSA) is 20.2 Å². The molecule has 1 aromatic carbocycles. The Balaban J connectivity index is 2.10. The maximum Gasteiger partial charge on any atom is 0.134 e. The van der Waals surface area contributed by atoms with Crippen molar-refractivity contribution in [2.75, 3.05) is 0 Å². The standard InChI is InChI=1S/C14H17F3O/c15-10-7-11(16)14(12(17)8-10)13(18)6-9-4-2-1-3-5-9/h7-9,13,18H,1-6H2. The molecule has 0 aliphatic heterocycles. The van der Waals surface area contributed by atoms with Crippen molar-refractivity contribution in [1.29, 1.82) is 0 Å². The first kappa shape index (κ1) is 13.4. The molecular weight excluding hydrogens is 241 g/mol. The van der Waals surface area contributed by atoms with Crippen molar-refractivity contribution in [2.24, 2.45) is 5.92 Å². The van der Waals surface area contributed by atoms with Gasteiger partial charge >= 0.3 is 0 Å². The van der Waals surface area contributed by atoms with Gasteiger partial charge < -0.3 is 5.11 Å². The molecule has 1 atom stereocenters. The van der Waals surface area contributed by atoms with E-state index in [0.29, 0.717) is 24.5 Å². The first-order chi connectivity index (χ1) is 8.58. The molecule has 1 N–H and O–H groups in total. The van der Waals surface area contributed by atoms with Crippen LogP contribution in [-0.4, -0.2) is 5.11 Å². The summed E-state index contributed by atoms with van der Waals surface area (Å²) in [4.78, 5) is 0. The van der Waals surface area contributed by atoms with Crippen molar-refractivity contribution >= 4 is 0 Å². The smallest absolute Gasteiger partial charge is 0.134 e. The molecular formula is C14H17F3O. The molecule has 4 heteroatoms. The molecule has 0 bridgehead atoms. The molecule has 1 aliphatic carbocycles. The molecule has 1 saturated carbocycles. The van der Waals surface area contributed by atoms with Crippen molar-refractivity contribution in [3.8, 4) is 0 Å². The lowest BCUT2D eigenvalue weighted by Crippen LogP contribution is -2.13. The number of rotatable bonds is 3. The van der Waals surface area contributed by atoms with Gasteiger partial charge in [-0.05, 0) is 12.3 Å². The van der Waals surface area contributed by atoms with Crippen molar-refractivity contribution in [3.05, 3.63) is 35.1 Å². The molecule has 1 nitrogen and oxygen atoms in total. The fourth-order valence-corrected chi connectivity index (χ4v) is 2.73. The van der Waals surface area contributed by atoms with Crippen molar-refractivity contribution in [1.82, 2.24) is 0 Å². The van der Waals surface area contributed by atoms with E-state index < -0.39 is 29.1 Å². The van der Waals surface area contributed by atoms with Crippen LogP contribution in [0.2, 0.25) is 0 Å². The number of hydrogen-bond donors (Lipinski definition) is 1. The Morgan fingerprint density at radius 3 is 2.17 bits per heavy atom. The fraction of sp³-hybridized carbons (Fsp3) is 0.571. The molecule has 1 unspecified atom stereocenters. The van der Waals surface area contributed by atoms with Gasteiger partial charge in [0.1, 0.15) is 17.5 Å². The second-order valence-electron chi connectivity index (χ2n) is 5.04. The number of aliphatic hydroxyl groups is 1. The summed E-state index contributed by atoms with van der Waals surface area (Å²) in [6.07, 6.45) is 4.53. The Morgan fingerprint density at radius 1 is 1.06 bits per heavy atom. The van der Waals surface area contributed by atoms with Gasteiger partial charge in [-0.25, -0.2) is 13.2 Å². The van der Waals surface area contributed by atoms with Gasteiger partial charge in [-0.1, -0.05) is 32.1 Å². The summed E-state index contributed by atoms with van der Waals surface area (Å²) >= 11 is 0. The Hall–Kier alpha value is -1.03. The molecule has 1 aliphatic rings. The quantitative estimate of drug-likeness (QED) is 0.865. The minimum atomic E-state index is -1.19. The summed E-state index contributed by atoms with van der Waals surface area (Å²) in [5.41, 5.74) is -0.401. The molecule has 0 radical (unpaired) electrons. The van der Waals surface area contributed by atoms with E-state index in [1.807, 2.05) is 0 Å². The molecule has 100 valence electrons. The second-order valence-corrected chi connectivity index (χ2v) is 5.04. The maximum atomic E-state index is 13.5. The van der Waals surface area contributed by atoms with Crippen LogP contribution in [0, 0.1) is 23.4 Å². The van der Waals surface area contributed by atoms with Crippen LogP contribution < -0.4 is 0 Å². The summed E-state index contributed by atoms with van der Waals surface area (Å²) in [6.45, 7) is 0. The van der Waals surface area contributed by atoms with Crippen molar-refractivity contribution < 1.29 is 18.3 Å². The van der Waals surface area contributed by atoms with Crippen LogP contribution in [0.15, 0.2) is 12.1 Å². The monoisotopic (exact) mass is 258 g/mol. The summed E-state index contributed by atoms with van der Waals surface area (Å²) < 4.78 is 39.7. The highest BCUT2D eigenvalue weighted by molar-refractivity contribution is 5.23. The molecule has 1 fully saturated rings. The van der Waals surface area contributed by atoms with E-state index >= 15 is 0 Å². The van der Waals surface area contributed by atoms with Gasteiger partial charge in [0.25, 0.3) is 0 Å². The zero-order valence-corrected chi connectivity index (χ0v) is 10.1. The highest BCUT2D eigenvalue weighted by Crippen LogP contribution is 2.33. The van der Waals surface area contributed by atoms with E-state index in [1.54, 1.807) is 0 Å². The van der Waals surface area contributed by atoms with Gasteiger partial charge in [0.05, 0.1) is 11.7 Å². The predicted molar refractivity (Wildman–Crippen MR) is 62.5 cm³/mol. The first-order valence-electron chi connectivity index (χ1n) is 6.40. The lowest BCUT2D eigenvalue weighted by Gasteiger charge is -2.24. The molecule has 0 aromatic heterocycles. The minimum absolute atomic E-state index is 0.303. The van der Waals surface area contributed by atoms with Gasteiger partial charge in [-0.3, -0.25) is 0 Å². The third kappa shape index (κ3) is 3.05. The second kappa shape index (κ2) is 5.74. The molecule has 0 saturated heterocycles.